The second-order valence-electron chi connectivity index (χ2n) is 5.09. The molecule has 2 rings (SSSR count). The predicted molar refractivity (Wildman–Crippen MR) is 88.3 cm³/mol. The van der Waals surface area contributed by atoms with E-state index in [4.69, 9.17) is 17.0 Å². The molecule has 1 N–H and O–H groups in total. The number of ether oxygens (including phenoxy) is 1. The molecule has 0 spiro atoms. The Hall–Kier alpha value is -2.21. The highest BCUT2D eigenvalue weighted by atomic mass is 32.1. The summed E-state index contributed by atoms with van der Waals surface area (Å²) < 4.78 is 5.69. The van der Waals surface area contributed by atoms with E-state index in [1.54, 1.807) is 18.2 Å². The van der Waals surface area contributed by atoms with Gasteiger partial charge in [0.25, 0.3) is 11.8 Å². The number of carbonyl (C=O) groups excluding carboxylic acids is 2. The maximum absolute atomic E-state index is 12.1. The van der Waals surface area contributed by atoms with Crippen LogP contribution in [0, 0.1) is 0 Å². The smallest absolute Gasteiger partial charge is 0.265 e. The van der Waals surface area contributed by atoms with Crippen molar-refractivity contribution in [2.75, 3.05) is 7.05 Å². The number of carbonyl (C=O) groups is 2. The molecule has 1 atom stereocenters. The molecule has 0 radical (unpaired) electrons. The number of nitrogens with zero attached hydrogens (tertiary/aromatic N) is 1. The lowest BCUT2D eigenvalue weighted by Gasteiger charge is -2.25. The van der Waals surface area contributed by atoms with E-state index in [0.29, 0.717) is 0 Å². The van der Waals surface area contributed by atoms with Gasteiger partial charge in [-0.2, -0.15) is 0 Å². The van der Waals surface area contributed by atoms with Gasteiger partial charge in [-0.15, -0.1) is 0 Å². The van der Waals surface area contributed by atoms with Gasteiger partial charge in [0.05, 0.1) is 6.10 Å². The molecule has 22 heavy (non-hydrogen) atoms. The maximum Gasteiger partial charge on any atom is 0.265 e. The van der Waals surface area contributed by atoms with Crippen LogP contribution in [0.4, 0.5) is 0 Å². The molecule has 0 aliphatic carbocycles. The third-order valence-electron chi connectivity index (χ3n) is 3.41. The Balaban J connectivity index is 2.20. The number of nitrogens with one attached hydrogen (secondary N) is 1. The highest BCUT2D eigenvalue weighted by molar-refractivity contribution is 7.80. The zero-order valence-electron chi connectivity index (χ0n) is 12.8. The summed E-state index contributed by atoms with van der Waals surface area (Å²) in [5.41, 5.74) is 0.808. The van der Waals surface area contributed by atoms with Crippen LogP contribution in [0.1, 0.15) is 25.8 Å². The molecule has 0 aromatic heterocycles. The molecule has 0 saturated carbocycles. The summed E-state index contributed by atoms with van der Waals surface area (Å²) in [5.74, 6) is -0.129. The van der Waals surface area contributed by atoms with Gasteiger partial charge in [0.15, 0.2) is 5.11 Å². The Morgan fingerprint density at radius 3 is 2.55 bits per heavy atom. The van der Waals surface area contributed by atoms with Crippen molar-refractivity contribution < 1.29 is 14.3 Å². The summed E-state index contributed by atoms with van der Waals surface area (Å²) in [6, 6.07) is 7.24. The second kappa shape index (κ2) is 6.70. The number of amides is 2. The fraction of sp³-hybridized carbons (Fsp3) is 0.312. The third kappa shape index (κ3) is 3.51. The minimum atomic E-state index is -0.479. The van der Waals surface area contributed by atoms with Crippen molar-refractivity contribution in [2.45, 2.75) is 26.4 Å². The molecule has 1 saturated heterocycles. The van der Waals surface area contributed by atoms with Crippen LogP contribution in [0.2, 0.25) is 0 Å². The topological polar surface area (TPSA) is 58.6 Å². The number of hydrogen-bond donors (Lipinski definition) is 1. The Labute approximate surface area is 134 Å². The SMILES string of the molecule is CCC(C)Oc1ccc(/C=C2\C(=O)NC(=S)N(C)C2=O)cc1. The van der Waals surface area contributed by atoms with E-state index in [-0.39, 0.29) is 16.8 Å². The van der Waals surface area contributed by atoms with Crippen LogP contribution >= 0.6 is 12.2 Å². The first-order chi connectivity index (χ1) is 10.4. The first-order valence-corrected chi connectivity index (χ1v) is 7.45. The van der Waals surface area contributed by atoms with E-state index in [1.807, 2.05) is 19.1 Å². The fourth-order valence-corrected chi connectivity index (χ4v) is 2.05. The predicted octanol–water partition coefficient (Wildman–Crippen LogP) is 2.12. The summed E-state index contributed by atoms with van der Waals surface area (Å²) in [7, 11) is 1.53. The van der Waals surface area contributed by atoms with Gasteiger partial charge in [-0.1, -0.05) is 19.1 Å². The van der Waals surface area contributed by atoms with Gasteiger partial charge < -0.3 is 4.74 Å². The molecule has 116 valence electrons. The van der Waals surface area contributed by atoms with E-state index >= 15 is 0 Å². The van der Waals surface area contributed by atoms with Gasteiger partial charge in [0.2, 0.25) is 0 Å². The number of rotatable bonds is 4. The lowest BCUT2D eigenvalue weighted by atomic mass is 10.1. The Morgan fingerprint density at radius 2 is 1.95 bits per heavy atom. The maximum atomic E-state index is 12.1. The summed E-state index contributed by atoms with van der Waals surface area (Å²) in [6.07, 6.45) is 2.61. The van der Waals surface area contributed by atoms with E-state index in [1.165, 1.54) is 11.9 Å². The molecule has 1 heterocycles. The quantitative estimate of drug-likeness (QED) is 0.525. The van der Waals surface area contributed by atoms with Crippen LogP contribution in [0.25, 0.3) is 6.08 Å². The van der Waals surface area contributed by atoms with E-state index in [2.05, 4.69) is 12.2 Å². The molecule has 1 fully saturated rings. The molecule has 1 aromatic rings. The molecule has 6 heteroatoms. The van der Waals surface area contributed by atoms with Gasteiger partial charge in [0.1, 0.15) is 11.3 Å². The molecule has 1 aromatic carbocycles. The van der Waals surface area contributed by atoms with Crippen LogP contribution < -0.4 is 10.1 Å². The molecule has 1 unspecified atom stereocenters. The monoisotopic (exact) mass is 318 g/mol. The summed E-state index contributed by atoms with van der Waals surface area (Å²) in [5, 5.41) is 2.59. The van der Waals surface area contributed by atoms with E-state index < -0.39 is 11.8 Å². The van der Waals surface area contributed by atoms with Gasteiger partial charge >= 0.3 is 0 Å². The zero-order valence-corrected chi connectivity index (χ0v) is 13.6. The second-order valence-corrected chi connectivity index (χ2v) is 5.47. The zero-order chi connectivity index (χ0) is 16.3. The molecule has 0 bridgehead atoms. The number of hydrogen-bond acceptors (Lipinski definition) is 4. The molecular weight excluding hydrogens is 300 g/mol. The molecular formula is C16H18N2O3S. The lowest BCUT2D eigenvalue weighted by molar-refractivity contribution is -0.128. The highest BCUT2D eigenvalue weighted by Gasteiger charge is 2.30. The highest BCUT2D eigenvalue weighted by Crippen LogP contribution is 2.18. The number of likely N-dealkylation sites (N-methyl/N-ethyl adjacent to an activating group) is 1. The van der Waals surface area contributed by atoms with Crippen LogP contribution in [-0.4, -0.2) is 35.0 Å². The van der Waals surface area contributed by atoms with Gasteiger partial charge in [-0.3, -0.25) is 19.8 Å². The van der Waals surface area contributed by atoms with E-state index in [0.717, 1.165) is 17.7 Å². The van der Waals surface area contributed by atoms with Crippen molar-refractivity contribution in [3.05, 3.63) is 35.4 Å². The van der Waals surface area contributed by atoms with Gasteiger partial charge in [0, 0.05) is 7.05 Å². The van der Waals surface area contributed by atoms with E-state index in [9.17, 15) is 9.59 Å². The van der Waals surface area contributed by atoms with Gasteiger partial charge in [-0.05, 0) is 49.3 Å². The van der Waals surface area contributed by atoms with Crippen molar-refractivity contribution in [1.82, 2.24) is 10.2 Å². The van der Waals surface area contributed by atoms with Crippen LogP contribution in [0.5, 0.6) is 5.75 Å². The summed E-state index contributed by atoms with van der Waals surface area (Å²) >= 11 is 4.90. The van der Waals surface area contributed by atoms with Crippen molar-refractivity contribution in [3.63, 3.8) is 0 Å². The summed E-state index contributed by atoms with van der Waals surface area (Å²) in [4.78, 5) is 25.2. The fourth-order valence-electron chi connectivity index (χ4n) is 1.87. The molecule has 5 nitrogen and oxygen atoms in total. The minimum absolute atomic E-state index is 0.0618. The lowest BCUT2D eigenvalue weighted by Crippen LogP contribution is -2.52. The first kappa shape index (κ1) is 16.2. The van der Waals surface area contributed by atoms with Crippen molar-refractivity contribution in [2.24, 2.45) is 0 Å². The number of benzene rings is 1. The van der Waals surface area contributed by atoms with Crippen molar-refractivity contribution in [3.8, 4) is 5.75 Å². The van der Waals surface area contributed by atoms with Gasteiger partial charge in [-0.25, -0.2) is 0 Å². The average Bonchev–Trinajstić information content (AvgIpc) is 2.51. The first-order valence-electron chi connectivity index (χ1n) is 7.04. The average molecular weight is 318 g/mol. The summed E-state index contributed by atoms with van der Waals surface area (Å²) in [6.45, 7) is 4.05. The molecule has 2 amide bonds. The standard InChI is InChI=1S/C16H18N2O3S/c1-4-10(2)21-12-7-5-11(6-8-12)9-13-14(19)17-16(22)18(3)15(13)20/h5-10H,4H2,1-3H3,(H,17,19,22)/b13-9+. The Bertz CT molecular complexity index is 637. The van der Waals surface area contributed by atoms with Crippen LogP contribution in [0.3, 0.4) is 0 Å². The normalized spacial score (nSPS) is 18.4. The third-order valence-corrected chi connectivity index (χ3v) is 3.78. The van der Waals surface area contributed by atoms with Crippen LogP contribution in [-0.2, 0) is 9.59 Å². The Morgan fingerprint density at radius 1 is 1.32 bits per heavy atom. The van der Waals surface area contributed by atoms with Crippen LogP contribution in [0.15, 0.2) is 29.8 Å². The van der Waals surface area contributed by atoms with Crippen molar-refractivity contribution >= 4 is 35.2 Å². The number of thiocarbonyl (C=S) groups is 1. The Kier molecular flexibility index (Phi) is 4.92. The molecule has 1 aliphatic heterocycles. The minimum Gasteiger partial charge on any atom is -0.491 e. The largest absolute Gasteiger partial charge is 0.491 e. The van der Waals surface area contributed by atoms with Crippen molar-refractivity contribution in [1.29, 1.82) is 0 Å². The molecule has 1 aliphatic rings.